The van der Waals surface area contributed by atoms with Gasteiger partial charge >= 0.3 is 0 Å². The lowest BCUT2D eigenvalue weighted by Crippen LogP contribution is -2.35. The molecule has 1 aliphatic carbocycles. The van der Waals surface area contributed by atoms with Gasteiger partial charge in [0.15, 0.2) is 5.60 Å². The average Bonchev–Trinajstić information content (AvgIpc) is 3.32. The van der Waals surface area contributed by atoms with E-state index in [1.165, 1.54) is 38.1 Å². The third-order valence-electron chi connectivity index (χ3n) is 9.20. The van der Waals surface area contributed by atoms with Gasteiger partial charge in [0.25, 0.3) is 0 Å². The highest BCUT2D eigenvalue weighted by Gasteiger charge is 2.44. The minimum atomic E-state index is -0.778. The lowest BCUT2D eigenvalue weighted by atomic mass is 9.77. The first-order valence-corrected chi connectivity index (χ1v) is 16.8. The normalized spacial score (nSPS) is 17.5. The van der Waals surface area contributed by atoms with Crippen molar-refractivity contribution in [3.8, 4) is 16.9 Å². The molecule has 0 saturated heterocycles. The van der Waals surface area contributed by atoms with Crippen LogP contribution in [0.1, 0.15) is 55.0 Å². The average molecular weight is 598 g/mol. The van der Waals surface area contributed by atoms with E-state index in [0.717, 1.165) is 47.5 Å². The van der Waals surface area contributed by atoms with Crippen molar-refractivity contribution in [1.29, 1.82) is 0 Å². The zero-order chi connectivity index (χ0) is 30.3. The van der Waals surface area contributed by atoms with Crippen molar-refractivity contribution in [2.75, 3.05) is 31.3 Å². The van der Waals surface area contributed by atoms with Crippen molar-refractivity contribution in [2.45, 2.75) is 43.1 Å². The Morgan fingerprint density at radius 2 is 1.48 bits per heavy atom. The fraction of sp³-hybridized carbons (Fsp3) is 0.250. The summed E-state index contributed by atoms with van der Waals surface area (Å²) in [5.41, 5.74) is 8.91. The van der Waals surface area contributed by atoms with Crippen LogP contribution >= 0.6 is 11.8 Å². The van der Waals surface area contributed by atoms with E-state index in [1.807, 2.05) is 0 Å². The van der Waals surface area contributed by atoms with Crippen LogP contribution in [0.25, 0.3) is 28.0 Å². The van der Waals surface area contributed by atoms with E-state index in [0.29, 0.717) is 6.61 Å². The molecule has 7 rings (SSSR count). The maximum Gasteiger partial charge on any atom is 0.178 e. The molecule has 0 fully saturated rings. The zero-order valence-corrected chi connectivity index (χ0v) is 26.8. The second-order valence-electron chi connectivity index (χ2n) is 12.2. The lowest BCUT2D eigenvalue weighted by Gasteiger charge is -2.38. The van der Waals surface area contributed by atoms with Crippen LogP contribution in [0.15, 0.2) is 108 Å². The molecule has 5 aromatic carbocycles. The standard InChI is InChI=1S/C40H39NO2S/c1-5-25-42-26-24-41-29-18-14-27(15-19-29)40(28-16-20-30(44-4)21-17-28)23-22-34-37-36(31-10-6-7-11-32(31)38(34)43-40)33-12-8-9-13-35(33)39(37,2)3/h6-23,41H,5,24-26H2,1-4H3. The highest BCUT2D eigenvalue weighted by Crippen LogP contribution is 2.58. The van der Waals surface area contributed by atoms with Gasteiger partial charge in [-0.25, -0.2) is 0 Å². The van der Waals surface area contributed by atoms with Gasteiger partial charge in [-0.2, -0.15) is 0 Å². The van der Waals surface area contributed by atoms with Crippen molar-refractivity contribution in [1.82, 2.24) is 0 Å². The third kappa shape index (κ3) is 4.63. The summed E-state index contributed by atoms with van der Waals surface area (Å²) in [6.45, 7) is 9.10. The molecule has 0 amide bonds. The zero-order valence-electron chi connectivity index (χ0n) is 25.9. The number of fused-ring (bicyclic) bond motifs is 8. The molecule has 222 valence electrons. The number of anilines is 1. The maximum absolute atomic E-state index is 7.43. The largest absolute Gasteiger partial charge is 0.472 e. The van der Waals surface area contributed by atoms with E-state index >= 15 is 0 Å². The Morgan fingerprint density at radius 3 is 2.20 bits per heavy atom. The first-order chi connectivity index (χ1) is 21.5. The number of nitrogens with one attached hydrogen (secondary N) is 1. The van der Waals surface area contributed by atoms with Crippen LogP contribution in [-0.2, 0) is 15.8 Å². The molecule has 2 aliphatic rings. The number of hydrogen-bond donors (Lipinski definition) is 1. The van der Waals surface area contributed by atoms with Crippen LogP contribution in [-0.4, -0.2) is 26.0 Å². The van der Waals surface area contributed by atoms with Gasteiger partial charge in [0.2, 0.25) is 0 Å². The molecule has 0 aromatic heterocycles. The van der Waals surface area contributed by atoms with E-state index in [-0.39, 0.29) is 5.41 Å². The summed E-state index contributed by atoms with van der Waals surface area (Å²) >= 11 is 1.75. The highest BCUT2D eigenvalue weighted by molar-refractivity contribution is 7.98. The molecule has 4 heteroatoms. The quantitative estimate of drug-likeness (QED) is 0.135. The molecule has 1 atom stereocenters. The Labute approximate surface area is 265 Å². The second-order valence-corrected chi connectivity index (χ2v) is 13.1. The summed E-state index contributed by atoms with van der Waals surface area (Å²) in [4.78, 5) is 1.23. The smallest absolute Gasteiger partial charge is 0.178 e. The summed E-state index contributed by atoms with van der Waals surface area (Å²) in [6.07, 6.45) is 7.76. The van der Waals surface area contributed by atoms with Crippen molar-refractivity contribution in [3.05, 3.63) is 131 Å². The van der Waals surface area contributed by atoms with Crippen LogP contribution in [0.3, 0.4) is 0 Å². The SMILES string of the molecule is CCCOCCNc1ccc(C2(c3ccc(SC)cc3)C=Cc3c4c(c5ccccc5c3O2)-c2ccccc2C4(C)C)cc1. The van der Waals surface area contributed by atoms with Crippen molar-refractivity contribution in [2.24, 2.45) is 0 Å². The lowest BCUT2D eigenvalue weighted by molar-refractivity contribution is 0.144. The van der Waals surface area contributed by atoms with Gasteiger partial charge in [-0.3, -0.25) is 0 Å². The van der Waals surface area contributed by atoms with Gasteiger partial charge < -0.3 is 14.8 Å². The summed E-state index contributed by atoms with van der Waals surface area (Å²) in [5, 5.41) is 5.89. The molecule has 44 heavy (non-hydrogen) atoms. The van der Waals surface area contributed by atoms with E-state index in [4.69, 9.17) is 9.47 Å². The van der Waals surface area contributed by atoms with Crippen LogP contribution in [0.2, 0.25) is 0 Å². The van der Waals surface area contributed by atoms with E-state index < -0.39 is 5.60 Å². The molecular formula is C40H39NO2S. The van der Waals surface area contributed by atoms with E-state index in [1.54, 1.807) is 11.8 Å². The number of rotatable bonds is 9. The molecule has 1 heterocycles. The van der Waals surface area contributed by atoms with Gasteiger partial charge in [0.1, 0.15) is 5.75 Å². The Hall–Kier alpha value is -3.99. The van der Waals surface area contributed by atoms with Crippen LogP contribution < -0.4 is 10.1 Å². The monoisotopic (exact) mass is 597 g/mol. The minimum absolute atomic E-state index is 0.151. The number of benzene rings is 5. The van der Waals surface area contributed by atoms with Crippen molar-refractivity contribution >= 4 is 34.3 Å². The van der Waals surface area contributed by atoms with Gasteiger partial charge in [0, 0.05) is 51.2 Å². The topological polar surface area (TPSA) is 30.5 Å². The highest BCUT2D eigenvalue weighted by atomic mass is 32.2. The molecule has 0 bridgehead atoms. The number of thioether (sulfide) groups is 1. The maximum atomic E-state index is 7.43. The first-order valence-electron chi connectivity index (χ1n) is 15.6. The van der Waals surface area contributed by atoms with Crippen LogP contribution in [0, 0.1) is 0 Å². The van der Waals surface area contributed by atoms with Crippen molar-refractivity contribution in [3.63, 3.8) is 0 Å². The Kier molecular flexibility index (Phi) is 7.52. The number of ether oxygens (including phenoxy) is 2. The predicted octanol–water partition coefficient (Wildman–Crippen LogP) is 10.1. The molecule has 1 unspecified atom stereocenters. The van der Waals surface area contributed by atoms with Gasteiger partial charge in [-0.1, -0.05) is 99.6 Å². The van der Waals surface area contributed by atoms with Gasteiger partial charge in [-0.05, 0) is 70.7 Å². The second kappa shape index (κ2) is 11.5. The van der Waals surface area contributed by atoms with Crippen LogP contribution in [0.4, 0.5) is 5.69 Å². The molecule has 0 radical (unpaired) electrons. The van der Waals surface area contributed by atoms with Crippen molar-refractivity contribution < 1.29 is 9.47 Å². The fourth-order valence-electron chi connectivity index (χ4n) is 7.07. The first kappa shape index (κ1) is 28.8. The fourth-order valence-corrected chi connectivity index (χ4v) is 7.47. The summed E-state index contributed by atoms with van der Waals surface area (Å²) < 4.78 is 13.1. The molecule has 1 N–H and O–H groups in total. The molecule has 0 spiro atoms. The van der Waals surface area contributed by atoms with E-state index in [2.05, 4.69) is 142 Å². The Morgan fingerprint density at radius 1 is 0.795 bits per heavy atom. The Balaban J connectivity index is 1.38. The number of hydrogen-bond acceptors (Lipinski definition) is 4. The molecule has 1 aliphatic heterocycles. The van der Waals surface area contributed by atoms with E-state index in [9.17, 15) is 0 Å². The summed E-state index contributed by atoms with van der Waals surface area (Å²) in [7, 11) is 0. The van der Waals surface area contributed by atoms with Gasteiger partial charge in [-0.15, -0.1) is 11.8 Å². The Bertz CT molecular complexity index is 1860. The summed E-state index contributed by atoms with van der Waals surface area (Å²) in [6, 6.07) is 35.2. The molecule has 5 aromatic rings. The predicted molar refractivity (Wildman–Crippen MR) is 186 cm³/mol. The molecular weight excluding hydrogens is 559 g/mol. The third-order valence-corrected chi connectivity index (χ3v) is 9.95. The van der Waals surface area contributed by atoms with Gasteiger partial charge in [0.05, 0.1) is 6.61 Å². The minimum Gasteiger partial charge on any atom is -0.472 e. The molecule has 3 nitrogen and oxygen atoms in total. The van der Waals surface area contributed by atoms with Crippen LogP contribution in [0.5, 0.6) is 5.75 Å². The summed E-state index contributed by atoms with van der Waals surface area (Å²) in [5.74, 6) is 0.951. The molecule has 0 saturated carbocycles.